The number of amides is 1. The van der Waals surface area contributed by atoms with Crippen LogP contribution in [-0.2, 0) is 22.2 Å². The van der Waals surface area contributed by atoms with Crippen molar-refractivity contribution >= 4 is 11.9 Å². The summed E-state index contributed by atoms with van der Waals surface area (Å²) in [6, 6.07) is 5.01. The molecule has 0 spiro atoms. The number of carbonyl (C=O) groups excluding carboxylic acids is 1. The van der Waals surface area contributed by atoms with Crippen LogP contribution in [0.5, 0.6) is 0 Å². The molecule has 132 valence electrons. The molecular weight excluding hydrogens is 323 g/mol. The van der Waals surface area contributed by atoms with Crippen molar-refractivity contribution in [1.82, 2.24) is 5.32 Å². The molecule has 24 heavy (non-hydrogen) atoms. The van der Waals surface area contributed by atoms with Gasteiger partial charge < -0.3 is 10.4 Å². The number of hydrogen-bond acceptors (Lipinski definition) is 2. The molecule has 2 rings (SSSR count). The molecule has 0 aromatic heterocycles. The molecule has 1 fully saturated rings. The van der Waals surface area contributed by atoms with Crippen LogP contribution in [0.3, 0.4) is 0 Å². The Kier molecular flexibility index (Phi) is 5.51. The quantitative estimate of drug-likeness (QED) is 0.830. The fourth-order valence-corrected chi connectivity index (χ4v) is 3.06. The number of aryl methyl sites for hydroxylation is 1. The van der Waals surface area contributed by atoms with Crippen LogP contribution in [0.1, 0.15) is 49.7 Å². The number of aliphatic carboxylic acids is 1. The summed E-state index contributed by atoms with van der Waals surface area (Å²) >= 11 is 0. The minimum atomic E-state index is -4.39. The van der Waals surface area contributed by atoms with Gasteiger partial charge in [-0.2, -0.15) is 13.2 Å². The second-order valence-corrected chi connectivity index (χ2v) is 6.19. The first-order valence-corrected chi connectivity index (χ1v) is 7.93. The molecule has 7 heteroatoms. The van der Waals surface area contributed by atoms with Gasteiger partial charge in [-0.25, -0.2) is 4.79 Å². The van der Waals surface area contributed by atoms with Crippen molar-refractivity contribution in [3.8, 4) is 0 Å². The molecule has 1 aliphatic carbocycles. The van der Waals surface area contributed by atoms with Crippen LogP contribution in [0.2, 0.25) is 0 Å². The van der Waals surface area contributed by atoms with Crippen LogP contribution < -0.4 is 5.32 Å². The Hall–Kier alpha value is -2.05. The van der Waals surface area contributed by atoms with E-state index in [0.29, 0.717) is 31.2 Å². The zero-order chi connectivity index (χ0) is 17.8. The minimum Gasteiger partial charge on any atom is -0.480 e. The summed E-state index contributed by atoms with van der Waals surface area (Å²) in [5, 5.41) is 11.9. The van der Waals surface area contributed by atoms with E-state index in [1.165, 1.54) is 6.07 Å². The van der Waals surface area contributed by atoms with E-state index in [0.717, 1.165) is 25.0 Å². The highest BCUT2D eigenvalue weighted by molar-refractivity contribution is 5.87. The zero-order valence-corrected chi connectivity index (χ0v) is 13.2. The highest BCUT2D eigenvalue weighted by atomic mass is 19.4. The number of nitrogens with one attached hydrogen (secondary N) is 1. The van der Waals surface area contributed by atoms with Crippen LogP contribution in [0, 0.1) is 0 Å². The molecule has 1 aromatic carbocycles. The third-order valence-electron chi connectivity index (χ3n) is 4.37. The van der Waals surface area contributed by atoms with Gasteiger partial charge in [0, 0.05) is 6.42 Å². The van der Waals surface area contributed by atoms with Gasteiger partial charge in [-0.3, -0.25) is 4.79 Å². The fourth-order valence-electron chi connectivity index (χ4n) is 3.06. The van der Waals surface area contributed by atoms with Crippen molar-refractivity contribution in [2.75, 3.05) is 0 Å². The molecule has 4 nitrogen and oxygen atoms in total. The smallest absolute Gasteiger partial charge is 0.416 e. The molecule has 1 aromatic rings. The van der Waals surface area contributed by atoms with E-state index in [1.54, 1.807) is 6.07 Å². The second-order valence-electron chi connectivity index (χ2n) is 6.19. The lowest BCUT2D eigenvalue weighted by Gasteiger charge is -2.25. The van der Waals surface area contributed by atoms with Crippen molar-refractivity contribution in [3.05, 3.63) is 35.4 Å². The van der Waals surface area contributed by atoms with E-state index >= 15 is 0 Å². The number of hydrogen-bond donors (Lipinski definition) is 2. The summed E-state index contributed by atoms with van der Waals surface area (Å²) in [6.45, 7) is 0. The van der Waals surface area contributed by atoms with Crippen LogP contribution in [0.4, 0.5) is 13.2 Å². The maximum Gasteiger partial charge on any atom is 0.416 e. The number of carboxylic acid groups (broad SMARTS) is 1. The van der Waals surface area contributed by atoms with Gasteiger partial charge in [-0.05, 0) is 37.3 Å². The molecule has 0 heterocycles. The molecule has 0 bridgehead atoms. The minimum absolute atomic E-state index is 0.0886. The van der Waals surface area contributed by atoms with E-state index in [4.69, 9.17) is 0 Å². The topological polar surface area (TPSA) is 66.4 Å². The molecule has 0 saturated heterocycles. The number of alkyl halides is 3. The van der Waals surface area contributed by atoms with Gasteiger partial charge in [0.05, 0.1) is 5.56 Å². The Morgan fingerprint density at radius 2 is 1.88 bits per heavy atom. The normalized spacial score (nSPS) is 16.8. The highest BCUT2D eigenvalue weighted by Gasteiger charge is 2.42. The Bertz CT molecular complexity index is 607. The van der Waals surface area contributed by atoms with E-state index in [2.05, 4.69) is 5.32 Å². The summed E-state index contributed by atoms with van der Waals surface area (Å²) in [5.41, 5.74) is -1.38. The van der Waals surface area contributed by atoms with E-state index < -0.39 is 23.2 Å². The van der Waals surface area contributed by atoms with Gasteiger partial charge in [0.1, 0.15) is 5.54 Å². The predicted molar refractivity (Wildman–Crippen MR) is 81.4 cm³/mol. The summed E-state index contributed by atoms with van der Waals surface area (Å²) in [5.74, 6) is -1.39. The molecule has 1 saturated carbocycles. The predicted octanol–water partition coefficient (Wildman–Crippen LogP) is 3.54. The molecule has 0 unspecified atom stereocenters. The Morgan fingerprint density at radius 1 is 1.21 bits per heavy atom. The van der Waals surface area contributed by atoms with Crippen LogP contribution in [-0.4, -0.2) is 22.5 Å². The number of carboxylic acids is 1. The first-order valence-electron chi connectivity index (χ1n) is 7.93. The summed E-state index contributed by atoms with van der Waals surface area (Å²) < 4.78 is 37.9. The lowest BCUT2D eigenvalue weighted by Crippen LogP contribution is -2.52. The van der Waals surface area contributed by atoms with Crippen LogP contribution in [0.25, 0.3) is 0 Å². The fraction of sp³-hybridized carbons (Fsp3) is 0.529. The van der Waals surface area contributed by atoms with Crippen molar-refractivity contribution in [1.29, 1.82) is 0 Å². The first-order chi connectivity index (χ1) is 11.2. The number of benzene rings is 1. The van der Waals surface area contributed by atoms with Crippen molar-refractivity contribution in [2.45, 2.75) is 56.7 Å². The second kappa shape index (κ2) is 7.23. The van der Waals surface area contributed by atoms with Gasteiger partial charge in [-0.1, -0.05) is 31.0 Å². The standard InChI is InChI=1S/C17H20F3NO3/c18-17(19,20)13-7-3-5-12(11-13)6-4-8-14(22)21-16(15(23)24)9-1-2-10-16/h3,5,7,11H,1-2,4,6,8-10H2,(H,21,22)(H,23,24). The molecular formula is C17H20F3NO3. The zero-order valence-electron chi connectivity index (χ0n) is 13.2. The summed E-state index contributed by atoms with van der Waals surface area (Å²) in [7, 11) is 0. The molecule has 0 radical (unpaired) electrons. The van der Waals surface area contributed by atoms with Crippen LogP contribution in [0.15, 0.2) is 24.3 Å². The number of carbonyl (C=O) groups is 2. The van der Waals surface area contributed by atoms with Crippen LogP contribution >= 0.6 is 0 Å². The summed E-state index contributed by atoms with van der Waals surface area (Å²) in [6.07, 6.45) is -1.24. The number of rotatable bonds is 6. The Morgan fingerprint density at radius 3 is 2.46 bits per heavy atom. The maximum atomic E-state index is 12.6. The van der Waals surface area contributed by atoms with Crippen molar-refractivity contribution < 1.29 is 27.9 Å². The first kappa shape index (κ1) is 18.3. The Balaban J connectivity index is 1.86. The van der Waals surface area contributed by atoms with Gasteiger partial charge in [0.15, 0.2) is 0 Å². The SMILES string of the molecule is O=C(CCCc1cccc(C(F)(F)F)c1)NC1(C(=O)O)CCCC1. The lowest BCUT2D eigenvalue weighted by atomic mass is 9.97. The van der Waals surface area contributed by atoms with Gasteiger partial charge in [0.25, 0.3) is 0 Å². The maximum absolute atomic E-state index is 12.6. The number of halogens is 3. The van der Waals surface area contributed by atoms with Crippen molar-refractivity contribution in [3.63, 3.8) is 0 Å². The van der Waals surface area contributed by atoms with E-state index in [1.807, 2.05) is 0 Å². The van der Waals surface area contributed by atoms with E-state index in [-0.39, 0.29) is 12.3 Å². The lowest BCUT2D eigenvalue weighted by molar-refractivity contribution is -0.147. The third kappa shape index (κ3) is 4.49. The average Bonchev–Trinajstić information content (AvgIpc) is 2.96. The molecule has 0 aliphatic heterocycles. The van der Waals surface area contributed by atoms with Crippen molar-refractivity contribution in [2.24, 2.45) is 0 Å². The molecule has 0 atom stereocenters. The monoisotopic (exact) mass is 343 g/mol. The molecule has 1 amide bonds. The average molecular weight is 343 g/mol. The molecule has 2 N–H and O–H groups in total. The highest BCUT2D eigenvalue weighted by Crippen LogP contribution is 2.31. The van der Waals surface area contributed by atoms with Gasteiger partial charge in [0.2, 0.25) is 5.91 Å². The molecule has 1 aliphatic rings. The van der Waals surface area contributed by atoms with Gasteiger partial charge in [-0.15, -0.1) is 0 Å². The largest absolute Gasteiger partial charge is 0.480 e. The summed E-state index contributed by atoms with van der Waals surface area (Å²) in [4.78, 5) is 23.3. The third-order valence-corrected chi connectivity index (χ3v) is 4.37. The Labute approximate surface area is 138 Å². The van der Waals surface area contributed by atoms with Gasteiger partial charge >= 0.3 is 12.1 Å². The van der Waals surface area contributed by atoms with E-state index in [9.17, 15) is 27.9 Å².